The highest BCUT2D eigenvalue weighted by Gasteiger charge is 2.35. The third-order valence-electron chi connectivity index (χ3n) is 18.2. The van der Waals surface area contributed by atoms with Crippen molar-refractivity contribution < 1.29 is 9.59 Å². The number of rotatable bonds is 28. The molecule has 0 atom stereocenters. The number of nitriles is 2. The van der Waals surface area contributed by atoms with Crippen molar-refractivity contribution in [2.45, 2.75) is 238 Å². The quantitative estimate of drug-likeness (QED) is 0.0362. The van der Waals surface area contributed by atoms with E-state index in [-0.39, 0.29) is 5.57 Å². The second-order valence-electron chi connectivity index (χ2n) is 22.7. The van der Waals surface area contributed by atoms with Gasteiger partial charge in [-0.15, -0.1) is 0 Å². The van der Waals surface area contributed by atoms with Gasteiger partial charge in [-0.05, 0) is 232 Å². The van der Waals surface area contributed by atoms with Crippen molar-refractivity contribution in [3.05, 3.63) is 87.9 Å². The van der Waals surface area contributed by atoms with Crippen LogP contribution in [0.5, 0.6) is 0 Å². The zero-order chi connectivity index (χ0) is 49.7. The van der Waals surface area contributed by atoms with Crippen LogP contribution in [0, 0.1) is 76.9 Å². The van der Waals surface area contributed by atoms with E-state index in [4.69, 9.17) is 13.2 Å². The Morgan fingerprint density at radius 3 is 1.41 bits per heavy atom. The first-order valence-electron chi connectivity index (χ1n) is 28.4. The highest BCUT2D eigenvalue weighted by Crippen LogP contribution is 2.47. The number of Topliss-reactive ketones (excluding diaryl/α,β-unsaturated/α-hetero) is 2. The van der Waals surface area contributed by atoms with Crippen LogP contribution in [-0.2, 0) is 22.4 Å². The summed E-state index contributed by atoms with van der Waals surface area (Å²) in [5.74, 6) is 6.24. The average molecular weight is 956 g/mol. The molecule has 4 saturated carbocycles. The Morgan fingerprint density at radius 2 is 0.942 bits per heavy atom. The molecular weight excluding hydrogens is 861 g/mol. The molecule has 4 aliphatic carbocycles. The highest BCUT2D eigenvalue weighted by atomic mass is 32.2. The molecular formula is C64H94N2O2S. The van der Waals surface area contributed by atoms with Crippen LogP contribution in [0.3, 0.4) is 0 Å². The SMILES string of the molecule is C=C(CC)CCCCCCC(=O)C1CCC(C2CCC(C(=C)Cc3ccc(CC(=C)C4CCC(C5CCC(C(=C)CCCCCCC(=O)CC)CC5)CC4)c(C)c3SC(C)=C(C#N)C#N)CC2)CC1. The Morgan fingerprint density at radius 1 is 0.536 bits per heavy atom. The van der Waals surface area contributed by atoms with Crippen molar-refractivity contribution in [1.82, 2.24) is 0 Å². The molecule has 0 aromatic heterocycles. The molecule has 5 rings (SSSR count). The van der Waals surface area contributed by atoms with Gasteiger partial charge in [-0.3, -0.25) is 9.59 Å². The molecule has 4 fully saturated rings. The molecule has 0 aliphatic heterocycles. The number of thioether (sulfide) groups is 1. The molecule has 4 nitrogen and oxygen atoms in total. The molecule has 0 amide bonds. The first-order valence-corrected chi connectivity index (χ1v) is 29.2. The van der Waals surface area contributed by atoms with E-state index in [1.165, 1.54) is 172 Å². The van der Waals surface area contributed by atoms with E-state index < -0.39 is 0 Å². The Hall–Kier alpha value is -3.41. The van der Waals surface area contributed by atoms with Gasteiger partial charge in [0.2, 0.25) is 0 Å². The van der Waals surface area contributed by atoms with E-state index in [9.17, 15) is 20.1 Å². The Bertz CT molecular complexity index is 1980. The fraction of sp³-hybridized carbons (Fsp3) is 0.688. The number of benzene rings is 1. The van der Waals surface area contributed by atoms with Gasteiger partial charge in [0.15, 0.2) is 0 Å². The van der Waals surface area contributed by atoms with E-state index in [1.54, 1.807) is 11.8 Å². The lowest BCUT2D eigenvalue weighted by atomic mass is 9.67. The summed E-state index contributed by atoms with van der Waals surface area (Å²) in [7, 11) is 0. The average Bonchev–Trinajstić information content (AvgIpc) is 3.38. The minimum atomic E-state index is 0.190. The fourth-order valence-electron chi connectivity index (χ4n) is 13.2. The zero-order valence-corrected chi connectivity index (χ0v) is 45.2. The first-order chi connectivity index (χ1) is 33.3. The minimum Gasteiger partial charge on any atom is -0.300 e. The maximum Gasteiger partial charge on any atom is 0.139 e. The second-order valence-corrected chi connectivity index (χ2v) is 23.9. The summed E-state index contributed by atoms with van der Waals surface area (Å²) < 4.78 is 0. The van der Waals surface area contributed by atoms with Gasteiger partial charge < -0.3 is 0 Å². The van der Waals surface area contributed by atoms with Gasteiger partial charge in [0.05, 0.1) is 0 Å². The number of ketones is 2. The molecule has 5 heteroatoms. The summed E-state index contributed by atoms with van der Waals surface area (Å²) >= 11 is 1.60. The highest BCUT2D eigenvalue weighted by molar-refractivity contribution is 8.03. The van der Waals surface area contributed by atoms with E-state index in [0.29, 0.717) is 41.7 Å². The number of nitrogens with zero attached hydrogens (tertiary/aromatic N) is 2. The number of carbonyl (C=O) groups excluding carboxylic acids is 2. The van der Waals surface area contributed by atoms with Gasteiger partial charge in [-0.1, -0.05) is 112 Å². The molecule has 0 radical (unpaired) electrons. The number of carbonyl (C=O) groups is 2. The van der Waals surface area contributed by atoms with Crippen molar-refractivity contribution in [3.63, 3.8) is 0 Å². The summed E-state index contributed by atoms with van der Waals surface area (Å²) in [5.41, 5.74) is 9.52. The van der Waals surface area contributed by atoms with Crippen molar-refractivity contribution >= 4 is 23.3 Å². The van der Waals surface area contributed by atoms with Gasteiger partial charge in [-0.2, -0.15) is 10.5 Å². The molecule has 1 aromatic rings. The van der Waals surface area contributed by atoms with Gasteiger partial charge in [0.1, 0.15) is 29.3 Å². The van der Waals surface area contributed by atoms with E-state index >= 15 is 0 Å². The maximum atomic E-state index is 13.1. The molecule has 378 valence electrons. The second kappa shape index (κ2) is 29.8. The van der Waals surface area contributed by atoms with Crippen LogP contribution in [0.4, 0.5) is 0 Å². The molecule has 0 bridgehead atoms. The standard InChI is InChI=1S/C64H94N2O2S/c1-9-45(3)19-15-11-14-18-22-63(68)58-37-35-57(36-38-58)56-33-27-53(28-34-56)48(6)42-60-40-39-59(49(7)64(60)69-50(8)61(43-65)44-66)41-47(5)52-25-31-55(32-26-52)54-29-23-51(24-30-54)46(4)20-16-12-13-17-21-62(67)10-2/h39-40,51-58H,3-6,9-38,41-42H2,1-2,7-8H3. The van der Waals surface area contributed by atoms with Crippen LogP contribution in [-0.4, -0.2) is 11.6 Å². The number of hydrogen-bond donors (Lipinski definition) is 0. The molecule has 0 saturated heterocycles. The summed E-state index contributed by atoms with van der Waals surface area (Å²) in [6.45, 7) is 26.4. The predicted molar refractivity (Wildman–Crippen MR) is 293 cm³/mol. The molecule has 0 unspecified atom stereocenters. The van der Waals surface area contributed by atoms with E-state index in [1.807, 2.05) is 13.8 Å². The summed E-state index contributed by atoms with van der Waals surface area (Å²) in [6, 6.07) is 8.92. The summed E-state index contributed by atoms with van der Waals surface area (Å²) in [5, 5.41) is 19.6. The van der Waals surface area contributed by atoms with Crippen LogP contribution in [0.25, 0.3) is 0 Å². The van der Waals surface area contributed by atoms with Crippen LogP contribution in [0.15, 0.2) is 76.1 Å². The minimum absolute atomic E-state index is 0.190. The Balaban J connectivity index is 1.07. The van der Waals surface area contributed by atoms with Gasteiger partial charge in [0.25, 0.3) is 0 Å². The zero-order valence-electron chi connectivity index (χ0n) is 44.3. The fourth-order valence-corrected chi connectivity index (χ4v) is 14.2. The van der Waals surface area contributed by atoms with Crippen molar-refractivity contribution in [2.24, 2.45) is 47.3 Å². The van der Waals surface area contributed by atoms with Crippen LogP contribution in [0.1, 0.15) is 230 Å². The van der Waals surface area contributed by atoms with Gasteiger partial charge in [0, 0.05) is 35.0 Å². The number of hydrogen-bond acceptors (Lipinski definition) is 5. The van der Waals surface area contributed by atoms with E-state index in [0.717, 1.165) is 99.2 Å². The first kappa shape index (κ1) is 56.5. The van der Waals surface area contributed by atoms with Crippen molar-refractivity contribution in [3.8, 4) is 12.1 Å². The number of allylic oxidation sites excluding steroid dienone is 6. The maximum absolute atomic E-state index is 13.1. The number of unbranched alkanes of at least 4 members (excludes halogenated alkanes) is 6. The lowest BCUT2D eigenvalue weighted by Crippen LogP contribution is -2.28. The third kappa shape index (κ3) is 17.7. The van der Waals surface area contributed by atoms with Gasteiger partial charge in [-0.25, -0.2) is 0 Å². The lowest BCUT2D eigenvalue weighted by molar-refractivity contribution is -0.124. The smallest absolute Gasteiger partial charge is 0.139 e. The normalized spacial score (nSPS) is 24.9. The summed E-state index contributed by atoms with van der Waals surface area (Å²) in [6.07, 6.45) is 36.6. The Kier molecular flexibility index (Phi) is 24.4. The molecule has 69 heavy (non-hydrogen) atoms. The van der Waals surface area contributed by atoms with Crippen LogP contribution < -0.4 is 0 Å². The summed E-state index contributed by atoms with van der Waals surface area (Å²) in [4.78, 5) is 26.6. The molecule has 0 N–H and O–H groups in total. The van der Waals surface area contributed by atoms with Gasteiger partial charge >= 0.3 is 0 Å². The third-order valence-corrected chi connectivity index (χ3v) is 19.5. The monoisotopic (exact) mass is 955 g/mol. The Labute approximate surface area is 426 Å². The largest absolute Gasteiger partial charge is 0.300 e. The molecule has 4 aliphatic rings. The van der Waals surface area contributed by atoms with E-state index in [2.05, 4.69) is 51.3 Å². The predicted octanol–water partition coefficient (Wildman–Crippen LogP) is 18.6. The van der Waals surface area contributed by atoms with Crippen LogP contribution in [0.2, 0.25) is 0 Å². The van der Waals surface area contributed by atoms with Crippen molar-refractivity contribution in [2.75, 3.05) is 0 Å². The van der Waals surface area contributed by atoms with Crippen LogP contribution >= 0.6 is 11.8 Å². The molecule has 1 aromatic carbocycles. The molecule has 0 heterocycles. The van der Waals surface area contributed by atoms with Crippen molar-refractivity contribution in [1.29, 1.82) is 10.5 Å². The topological polar surface area (TPSA) is 81.7 Å². The molecule has 0 spiro atoms. The lowest BCUT2D eigenvalue weighted by Gasteiger charge is -2.39.